The average molecular weight is 495 g/mol. The molecule has 5 rings (SSSR count). The van der Waals surface area contributed by atoms with Crippen molar-refractivity contribution in [3.8, 4) is 16.3 Å². The number of hydrogen-bond acceptors (Lipinski definition) is 6. The summed E-state index contributed by atoms with van der Waals surface area (Å²) in [5.74, 6) is -0.389. The number of amides is 1. The standard InChI is InChI=1S/C24H22N4O4S2/c29-24(25-18-6-4-9-20(16-18)34(30,31)27-11-13-32-14-12-27)22-17-21(23-10-5-15-33-23)26-28(22)19-7-2-1-3-8-19/h1-10,15-17H,11-14H2,(H,25,29). The molecule has 0 radical (unpaired) electrons. The Morgan fingerprint density at radius 3 is 2.50 bits per heavy atom. The highest BCUT2D eigenvalue weighted by Gasteiger charge is 2.27. The van der Waals surface area contributed by atoms with Crippen LogP contribution in [0.15, 0.2) is 83.1 Å². The molecular weight excluding hydrogens is 472 g/mol. The molecule has 2 aromatic carbocycles. The minimum Gasteiger partial charge on any atom is -0.379 e. The van der Waals surface area contributed by atoms with Crippen LogP contribution < -0.4 is 5.32 Å². The van der Waals surface area contributed by atoms with Gasteiger partial charge < -0.3 is 10.1 Å². The van der Waals surface area contributed by atoms with Gasteiger partial charge in [0.05, 0.1) is 28.7 Å². The molecule has 0 saturated carbocycles. The first-order valence-electron chi connectivity index (χ1n) is 10.7. The van der Waals surface area contributed by atoms with E-state index in [1.165, 1.54) is 27.8 Å². The van der Waals surface area contributed by atoms with Crippen LogP contribution in [-0.4, -0.2) is 54.7 Å². The summed E-state index contributed by atoms with van der Waals surface area (Å²) in [5.41, 5.74) is 2.17. The summed E-state index contributed by atoms with van der Waals surface area (Å²) in [4.78, 5) is 14.4. The number of benzene rings is 2. The van der Waals surface area contributed by atoms with E-state index < -0.39 is 10.0 Å². The maximum absolute atomic E-state index is 13.3. The lowest BCUT2D eigenvalue weighted by Crippen LogP contribution is -2.40. The summed E-state index contributed by atoms with van der Waals surface area (Å²) in [6.45, 7) is 1.35. The lowest BCUT2D eigenvalue weighted by molar-refractivity contribution is 0.0730. The van der Waals surface area contributed by atoms with Crippen LogP contribution in [0.25, 0.3) is 16.3 Å². The molecule has 0 aliphatic carbocycles. The predicted octanol–water partition coefficient (Wildman–Crippen LogP) is 3.87. The van der Waals surface area contributed by atoms with Gasteiger partial charge in [0.25, 0.3) is 5.91 Å². The fourth-order valence-corrected chi connectivity index (χ4v) is 5.85. The van der Waals surface area contributed by atoms with Gasteiger partial charge in [-0.05, 0) is 47.8 Å². The number of carbonyl (C=O) groups is 1. The van der Waals surface area contributed by atoms with Crippen LogP contribution in [-0.2, 0) is 14.8 Å². The Kier molecular flexibility index (Phi) is 6.29. The Labute approximate surface area is 201 Å². The van der Waals surface area contributed by atoms with Gasteiger partial charge in [-0.15, -0.1) is 11.3 Å². The van der Waals surface area contributed by atoms with Crippen molar-refractivity contribution in [2.45, 2.75) is 4.90 Å². The minimum atomic E-state index is -3.68. The number of para-hydroxylation sites is 1. The van der Waals surface area contributed by atoms with Crippen molar-refractivity contribution in [1.29, 1.82) is 0 Å². The number of thiophene rings is 1. The van der Waals surface area contributed by atoms with E-state index in [4.69, 9.17) is 4.74 Å². The molecule has 1 aliphatic rings. The zero-order valence-corrected chi connectivity index (χ0v) is 19.8. The Morgan fingerprint density at radius 2 is 1.76 bits per heavy atom. The van der Waals surface area contributed by atoms with Gasteiger partial charge in [-0.25, -0.2) is 13.1 Å². The molecule has 0 bridgehead atoms. The largest absolute Gasteiger partial charge is 0.379 e. The third-order valence-corrected chi connectivity index (χ3v) is 8.20. The summed E-state index contributed by atoms with van der Waals surface area (Å²) >= 11 is 1.54. The number of sulfonamides is 1. The van der Waals surface area contributed by atoms with Crippen molar-refractivity contribution in [2.24, 2.45) is 0 Å². The SMILES string of the molecule is O=C(Nc1cccc(S(=O)(=O)N2CCOCC2)c1)c1cc(-c2cccs2)nn1-c1ccccc1. The molecule has 1 aliphatic heterocycles. The minimum absolute atomic E-state index is 0.128. The number of anilines is 1. The van der Waals surface area contributed by atoms with Crippen LogP contribution in [0.2, 0.25) is 0 Å². The Balaban J connectivity index is 1.45. The van der Waals surface area contributed by atoms with Crippen molar-refractivity contribution in [1.82, 2.24) is 14.1 Å². The second-order valence-electron chi connectivity index (χ2n) is 7.64. The van der Waals surface area contributed by atoms with Crippen molar-refractivity contribution in [3.63, 3.8) is 0 Å². The molecule has 0 spiro atoms. The average Bonchev–Trinajstić information content (AvgIpc) is 3.56. The van der Waals surface area contributed by atoms with Crippen LogP contribution >= 0.6 is 11.3 Å². The van der Waals surface area contributed by atoms with Crippen LogP contribution in [0.1, 0.15) is 10.5 Å². The highest BCUT2D eigenvalue weighted by Crippen LogP contribution is 2.27. The van der Waals surface area contributed by atoms with Gasteiger partial charge in [-0.2, -0.15) is 9.40 Å². The number of ether oxygens (including phenoxy) is 1. The summed E-state index contributed by atoms with van der Waals surface area (Å²) < 4.78 is 34.3. The number of nitrogens with zero attached hydrogens (tertiary/aromatic N) is 3. The Bertz CT molecular complexity index is 1390. The zero-order chi connectivity index (χ0) is 23.5. The van der Waals surface area contributed by atoms with Crippen LogP contribution in [0, 0.1) is 0 Å². The van der Waals surface area contributed by atoms with Gasteiger partial charge in [0.15, 0.2) is 0 Å². The van der Waals surface area contributed by atoms with Crippen molar-refractivity contribution in [3.05, 3.63) is 83.9 Å². The molecule has 4 aromatic rings. The van der Waals surface area contributed by atoms with Crippen molar-refractivity contribution >= 4 is 33.0 Å². The smallest absolute Gasteiger partial charge is 0.274 e. The van der Waals surface area contributed by atoms with E-state index in [1.54, 1.807) is 22.9 Å². The summed E-state index contributed by atoms with van der Waals surface area (Å²) in [6, 6.07) is 21.3. The van der Waals surface area contributed by atoms with E-state index in [9.17, 15) is 13.2 Å². The molecule has 34 heavy (non-hydrogen) atoms. The van der Waals surface area contributed by atoms with E-state index in [0.29, 0.717) is 43.4 Å². The quantitative estimate of drug-likeness (QED) is 0.439. The summed E-state index contributed by atoms with van der Waals surface area (Å²) in [7, 11) is -3.68. The van der Waals surface area contributed by atoms with Gasteiger partial charge in [-0.1, -0.05) is 30.3 Å². The molecule has 3 heterocycles. The van der Waals surface area contributed by atoms with E-state index in [2.05, 4.69) is 10.4 Å². The van der Waals surface area contributed by atoms with Gasteiger partial charge in [0, 0.05) is 18.8 Å². The fourth-order valence-electron chi connectivity index (χ4n) is 3.72. The number of rotatable bonds is 6. The molecule has 1 amide bonds. The first kappa shape index (κ1) is 22.5. The van der Waals surface area contributed by atoms with Gasteiger partial charge in [-0.3, -0.25) is 4.79 Å². The molecule has 1 N–H and O–H groups in total. The monoisotopic (exact) mass is 494 g/mol. The number of morpholine rings is 1. The highest BCUT2D eigenvalue weighted by molar-refractivity contribution is 7.89. The molecule has 0 unspecified atom stereocenters. The van der Waals surface area contributed by atoms with E-state index in [1.807, 2.05) is 47.8 Å². The lowest BCUT2D eigenvalue weighted by atomic mass is 10.2. The second-order valence-corrected chi connectivity index (χ2v) is 10.5. The third-order valence-electron chi connectivity index (χ3n) is 5.42. The highest BCUT2D eigenvalue weighted by atomic mass is 32.2. The Morgan fingerprint density at radius 1 is 0.971 bits per heavy atom. The maximum Gasteiger partial charge on any atom is 0.274 e. The van der Waals surface area contributed by atoms with Crippen molar-refractivity contribution in [2.75, 3.05) is 31.6 Å². The molecule has 10 heteroatoms. The molecular formula is C24H22N4O4S2. The number of carbonyl (C=O) groups excluding carboxylic acids is 1. The summed E-state index contributed by atoms with van der Waals surface area (Å²) in [6.07, 6.45) is 0. The molecule has 8 nitrogen and oxygen atoms in total. The third kappa shape index (κ3) is 4.53. The number of hydrogen-bond donors (Lipinski definition) is 1. The first-order chi connectivity index (χ1) is 16.5. The maximum atomic E-state index is 13.3. The predicted molar refractivity (Wildman–Crippen MR) is 131 cm³/mol. The zero-order valence-electron chi connectivity index (χ0n) is 18.1. The second kappa shape index (κ2) is 9.51. The normalized spacial score (nSPS) is 14.7. The van der Waals surface area contributed by atoms with E-state index in [-0.39, 0.29) is 10.8 Å². The summed E-state index contributed by atoms with van der Waals surface area (Å²) in [5, 5.41) is 9.45. The van der Waals surface area contributed by atoms with E-state index in [0.717, 1.165) is 10.6 Å². The molecule has 1 saturated heterocycles. The number of nitrogens with one attached hydrogen (secondary N) is 1. The first-order valence-corrected chi connectivity index (χ1v) is 13.0. The van der Waals surface area contributed by atoms with E-state index >= 15 is 0 Å². The van der Waals surface area contributed by atoms with Crippen LogP contribution in [0.5, 0.6) is 0 Å². The van der Waals surface area contributed by atoms with Crippen LogP contribution in [0.3, 0.4) is 0 Å². The molecule has 0 atom stereocenters. The topological polar surface area (TPSA) is 93.5 Å². The van der Waals surface area contributed by atoms with Crippen molar-refractivity contribution < 1.29 is 17.9 Å². The van der Waals surface area contributed by atoms with Crippen LogP contribution in [0.4, 0.5) is 5.69 Å². The van der Waals surface area contributed by atoms with Gasteiger partial charge in [0.1, 0.15) is 11.4 Å². The molecule has 2 aromatic heterocycles. The fraction of sp³-hybridized carbons (Fsp3) is 0.167. The Hall–Kier alpha value is -3.31. The number of aromatic nitrogens is 2. The van der Waals surface area contributed by atoms with Gasteiger partial charge >= 0.3 is 0 Å². The van der Waals surface area contributed by atoms with Gasteiger partial charge in [0.2, 0.25) is 10.0 Å². The molecule has 1 fully saturated rings. The lowest BCUT2D eigenvalue weighted by Gasteiger charge is -2.26. The molecule has 174 valence electrons.